The molecule has 0 radical (unpaired) electrons. The zero-order valence-corrected chi connectivity index (χ0v) is 11.4. The van der Waals surface area contributed by atoms with Gasteiger partial charge in [-0.25, -0.2) is 0 Å². The molecule has 19 heavy (non-hydrogen) atoms. The van der Waals surface area contributed by atoms with Crippen molar-refractivity contribution < 1.29 is 4.79 Å². The van der Waals surface area contributed by atoms with Crippen LogP contribution >= 0.6 is 0 Å². The molecule has 2 aromatic carbocycles. The van der Waals surface area contributed by atoms with Gasteiger partial charge >= 0.3 is 0 Å². The van der Waals surface area contributed by atoms with E-state index in [2.05, 4.69) is 41.8 Å². The van der Waals surface area contributed by atoms with E-state index in [1.54, 1.807) is 0 Å². The summed E-state index contributed by atoms with van der Waals surface area (Å²) in [5, 5.41) is 8.47. The van der Waals surface area contributed by atoms with Gasteiger partial charge in [-0.05, 0) is 36.2 Å². The van der Waals surface area contributed by atoms with Crippen LogP contribution in [0.1, 0.15) is 20.3 Å². The number of hydrogen-bond acceptors (Lipinski definition) is 2. The van der Waals surface area contributed by atoms with Gasteiger partial charge in [-0.3, -0.25) is 4.79 Å². The van der Waals surface area contributed by atoms with Crippen molar-refractivity contribution in [3.63, 3.8) is 0 Å². The SMILES string of the molecule is CCC(C)NC(=O)CNc1ccc2ccccc2c1. The van der Waals surface area contributed by atoms with E-state index in [0.717, 1.165) is 12.1 Å². The third-order valence-corrected chi connectivity index (χ3v) is 3.22. The lowest BCUT2D eigenvalue weighted by Crippen LogP contribution is -2.36. The molecular formula is C16H20N2O. The molecule has 3 nitrogen and oxygen atoms in total. The van der Waals surface area contributed by atoms with Crippen LogP contribution < -0.4 is 10.6 Å². The zero-order valence-electron chi connectivity index (χ0n) is 11.4. The van der Waals surface area contributed by atoms with Crippen molar-refractivity contribution in [1.29, 1.82) is 0 Å². The van der Waals surface area contributed by atoms with E-state index in [1.165, 1.54) is 10.8 Å². The maximum atomic E-state index is 11.7. The van der Waals surface area contributed by atoms with Crippen LogP contribution in [0.2, 0.25) is 0 Å². The highest BCUT2D eigenvalue weighted by atomic mass is 16.1. The van der Waals surface area contributed by atoms with Crippen molar-refractivity contribution in [2.24, 2.45) is 0 Å². The van der Waals surface area contributed by atoms with E-state index in [0.29, 0.717) is 6.54 Å². The van der Waals surface area contributed by atoms with Crippen LogP contribution in [0, 0.1) is 0 Å². The lowest BCUT2D eigenvalue weighted by Gasteiger charge is -2.12. The molecule has 0 aromatic heterocycles. The molecule has 0 spiro atoms. The Labute approximate surface area is 114 Å². The van der Waals surface area contributed by atoms with Gasteiger partial charge in [0.25, 0.3) is 0 Å². The van der Waals surface area contributed by atoms with Crippen LogP contribution in [0.15, 0.2) is 42.5 Å². The van der Waals surface area contributed by atoms with Gasteiger partial charge in [0.05, 0.1) is 6.54 Å². The summed E-state index contributed by atoms with van der Waals surface area (Å²) in [5.41, 5.74) is 0.970. The first kappa shape index (κ1) is 13.4. The quantitative estimate of drug-likeness (QED) is 0.862. The molecule has 2 rings (SSSR count). The monoisotopic (exact) mass is 256 g/mol. The molecule has 0 heterocycles. The maximum Gasteiger partial charge on any atom is 0.239 e. The highest BCUT2D eigenvalue weighted by Gasteiger charge is 2.05. The number of nitrogens with one attached hydrogen (secondary N) is 2. The first-order valence-corrected chi connectivity index (χ1v) is 6.71. The normalized spacial score (nSPS) is 12.1. The summed E-state index contributed by atoms with van der Waals surface area (Å²) in [5.74, 6) is 0.0301. The van der Waals surface area contributed by atoms with Crippen molar-refractivity contribution in [2.75, 3.05) is 11.9 Å². The van der Waals surface area contributed by atoms with E-state index in [9.17, 15) is 4.79 Å². The lowest BCUT2D eigenvalue weighted by atomic mass is 10.1. The zero-order chi connectivity index (χ0) is 13.7. The fraction of sp³-hybridized carbons (Fsp3) is 0.312. The molecule has 0 aliphatic rings. The molecule has 2 aromatic rings. The molecular weight excluding hydrogens is 236 g/mol. The van der Waals surface area contributed by atoms with Gasteiger partial charge in [0.15, 0.2) is 0 Å². The second kappa shape index (κ2) is 6.23. The molecule has 0 bridgehead atoms. The van der Waals surface area contributed by atoms with E-state index in [4.69, 9.17) is 0 Å². The number of amides is 1. The van der Waals surface area contributed by atoms with Crippen molar-refractivity contribution in [3.05, 3.63) is 42.5 Å². The average molecular weight is 256 g/mol. The van der Waals surface area contributed by atoms with Crippen molar-refractivity contribution in [1.82, 2.24) is 5.32 Å². The Morgan fingerprint density at radius 3 is 2.63 bits per heavy atom. The Hall–Kier alpha value is -2.03. The minimum Gasteiger partial charge on any atom is -0.376 e. The largest absolute Gasteiger partial charge is 0.376 e. The highest BCUT2D eigenvalue weighted by molar-refractivity contribution is 5.87. The van der Waals surface area contributed by atoms with Gasteiger partial charge in [0.1, 0.15) is 0 Å². The second-order valence-corrected chi connectivity index (χ2v) is 4.79. The molecule has 0 fully saturated rings. The van der Waals surface area contributed by atoms with Crippen LogP contribution in [-0.4, -0.2) is 18.5 Å². The fourth-order valence-electron chi connectivity index (χ4n) is 1.91. The summed E-state index contributed by atoms with van der Waals surface area (Å²) in [4.78, 5) is 11.7. The molecule has 1 atom stereocenters. The molecule has 0 aliphatic carbocycles. The first-order valence-electron chi connectivity index (χ1n) is 6.71. The maximum absolute atomic E-state index is 11.7. The molecule has 100 valence electrons. The Morgan fingerprint density at radius 1 is 1.16 bits per heavy atom. The summed E-state index contributed by atoms with van der Waals surface area (Å²) < 4.78 is 0. The van der Waals surface area contributed by atoms with Crippen LogP contribution in [0.25, 0.3) is 10.8 Å². The van der Waals surface area contributed by atoms with E-state index < -0.39 is 0 Å². The number of carbonyl (C=O) groups excluding carboxylic acids is 1. The summed E-state index contributed by atoms with van der Waals surface area (Å²) >= 11 is 0. The molecule has 0 aliphatic heterocycles. The highest BCUT2D eigenvalue weighted by Crippen LogP contribution is 2.18. The molecule has 0 saturated heterocycles. The number of carbonyl (C=O) groups is 1. The fourth-order valence-corrected chi connectivity index (χ4v) is 1.91. The van der Waals surface area contributed by atoms with E-state index in [-0.39, 0.29) is 11.9 Å². The number of hydrogen-bond donors (Lipinski definition) is 2. The summed E-state index contributed by atoms with van der Waals surface area (Å²) in [6.07, 6.45) is 0.946. The predicted molar refractivity (Wildman–Crippen MR) is 80.3 cm³/mol. The smallest absolute Gasteiger partial charge is 0.239 e. The van der Waals surface area contributed by atoms with Crippen molar-refractivity contribution in [2.45, 2.75) is 26.3 Å². The summed E-state index contributed by atoms with van der Waals surface area (Å²) in [6.45, 7) is 4.37. The van der Waals surface area contributed by atoms with Gasteiger partial charge in [-0.2, -0.15) is 0 Å². The van der Waals surface area contributed by atoms with Crippen molar-refractivity contribution in [3.8, 4) is 0 Å². The van der Waals surface area contributed by atoms with Gasteiger partial charge in [-0.15, -0.1) is 0 Å². The predicted octanol–water partition coefficient (Wildman–Crippen LogP) is 3.17. The summed E-state index contributed by atoms with van der Waals surface area (Å²) in [6, 6.07) is 14.5. The van der Waals surface area contributed by atoms with Crippen LogP contribution in [-0.2, 0) is 4.79 Å². The molecule has 3 heteroatoms. The minimum atomic E-state index is 0.0301. The number of fused-ring (bicyclic) bond motifs is 1. The molecule has 1 unspecified atom stereocenters. The molecule has 2 N–H and O–H groups in total. The van der Waals surface area contributed by atoms with Crippen LogP contribution in [0.3, 0.4) is 0 Å². The average Bonchev–Trinajstić information content (AvgIpc) is 2.44. The van der Waals surface area contributed by atoms with Crippen molar-refractivity contribution >= 4 is 22.4 Å². The Bertz CT molecular complexity index is 565. The summed E-state index contributed by atoms with van der Waals surface area (Å²) in [7, 11) is 0. The Morgan fingerprint density at radius 2 is 1.89 bits per heavy atom. The van der Waals surface area contributed by atoms with E-state index in [1.807, 2.05) is 25.1 Å². The lowest BCUT2D eigenvalue weighted by molar-refractivity contribution is -0.120. The van der Waals surface area contributed by atoms with Gasteiger partial charge in [0.2, 0.25) is 5.91 Å². The van der Waals surface area contributed by atoms with Gasteiger partial charge in [-0.1, -0.05) is 37.3 Å². The number of rotatable bonds is 5. The second-order valence-electron chi connectivity index (χ2n) is 4.79. The van der Waals surface area contributed by atoms with Crippen LogP contribution in [0.4, 0.5) is 5.69 Å². The standard InChI is InChI=1S/C16H20N2O/c1-3-12(2)18-16(19)11-17-15-9-8-13-6-4-5-7-14(13)10-15/h4-10,12,17H,3,11H2,1-2H3,(H,18,19). The third kappa shape index (κ3) is 3.71. The minimum absolute atomic E-state index is 0.0301. The first-order chi connectivity index (χ1) is 9.19. The number of benzene rings is 2. The van der Waals surface area contributed by atoms with Gasteiger partial charge < -0.3 is 10.6 Å². The van der Waals surface area contributed by atoms with Gasteiger partial charge in [0, 0.05) is 11.7 Å². The number of anilines is 1. The Kier molecular flexibility index (Phi) is 4.39. The van der Waals surface area contributed by atoms with E-state index >= 15 is 0 Å². The third-order valence-electron chi connectivity index (χ3n) is 3.22. The molecule has 0 saturated carbocycles. The topological polar surface area (TPSA) is 41.1 Å². The molecule has 1 amide bonds. The Balaban J connectivity index is 1.96. The van der Waals surface area contributed by atoms with Crippen LogP contribution in [0.5, 0.6) is 0 Å².